The van der Waals surface area contributed by atoms with E-state index in [0.717, 1.165) is 25.6 Å². The van der Waals surface area contributed by atoms with Crippen LogP contribution in [0.25, 0.3) is 0 Å². The van der Waals surface area contributed by atoms with Gasteiger partial charge in [0.1, 0.15) is 0 Å². The first kappa shape index (κ1) is 13.7. The zero-order chi connectivity index (χ0) is 12.4. The Balaban J connectivity index is 1.89. The molecule has 1 aliphatic rings. The van der Waals surface area contributed by atoms with Gasteiger partial charge in [-0.2, -0.15) is 0 Å². The molecule has 0 amide bonds. The first-order chi connectivity index (χ1) is 8.06. The predicted octanol–water partition coefficient (Wildman–Crippen LogP) is 4.19. The second-order valence-corrected chi connectivity index (χ2v) is 8.40. The Morgan fingerprint density at radius 1 is 1.53 bits per heavy atom. The Bertz CT molecular complexity index is 415. The van der Waals surface area contributed by atoms with E-state index in [1.54, 1.807) is 11.3 Å². The number of thiophene rings is 1. The Kier molecular flexibility index (Phi) is 4.80. The van der Waals surface area contributed by atoms with Crippen molar-refractivity contribution in [3.63, 3.8) is 0 Å². The average Bonchev–Trinajstić information content (AvgIpc) is 2.52. The largest absolute Gasteiger partial charge is 0.299 e. The number of nitrogens with zero attached hydrogens (tertiary/aromatic N) is 1. The zero-order valence-corrected chi connectivity index (χ0v) is 13.7. The van der Waals surface area contributed by atoms with Gasteiger partial charge >= 0.3 is 0 Å². The maximum absolute atomic E-state index is 12.1. The molecule has 0 N–H and O–H groups in total. The van der Waals surface area contributed by atoms with Crippen molar-refractivity contribution in [2.24, 2.45) is 5.92 Å². The highest BCUT2D eigenvalue weighted by Gasteiger charge is 2.21. The average molecular weight is 381 g/mol. The van der Waals surface area contributed by atoms with Crippen LogP contribution < -0.4 is 0 Å². The zero-order valence-electron chi connectivity index (χ0n) is 9.71. The van der Waals surface area contributed by atoms with Crippen LogP contribution in [0.2, 0.25) is 0 Å². The van der Waals surface area contributed by atoms with Gasteiger partial charge in [0.25, 0.3) is 0 Å². The van der Waals surface area contributed by atoms with Crippen molar-refractivity contribution >= 4 is 49.0 Å². The van der Waals surface area contributed by atoms with Crippen LogP contribution in [0, 0.1) is 5.92 Å². The maximum Gasteiger partial charge on any atom is 0.178 e. The molecule has 0 aromatic carbocycles. The third-order valence-electron chi connectivity index (χ3n) is 3.17. The van der Waals surface area contributed by atoms with E-state index in [1.165, 1.54) is 19.3 Å². The minimum Gasteiger partial charge on any atom is -0.299 e. The normalized spacial score (nSPS) is 16.2. The minimum atomic E-state index is 0.195. The van der Waals surface area contributed by atoms with Gasteiger partial charge in [-0.3, -0.25) is 9.69 Å². The number of hydrogen-bond donors (Lipinski definition) is 0. The van der Waals surface area contributed by atoms with Crippen LogP contribution in [0.1, 0.15) is 29.6 Å². The highest BCUT2D eigenvalue weighted by Crippen LogP contribution is 2.32. The lowest BCUT2D eigenvalue weighted by atomic mass is 9.85. The molecule has 1 saturated carbocycles. The van der Waals surface area contributed by atoms with Gasteiger partial charge in [0.15, 0.2) is 5.78 Å². The molecule has 0 bridgehead atoms. The second kappa shape index (κ2) is 5.95. The van der Waals surface area contributed by atoms with Gasteiger partial charge < -0.3 is 0 Å². The summed E-state index contributed by atoms with van der Waals surface area (Å²) in [5.41, 5.74) is 0.794. The van der Waals surface area contributed by atoms with Crippen molar-refractivity contribution in [3.05, 3.63) is 19.2 Å². The molecule has 1 aromatic heterocycles. The van der Waals surface area contributed by atoms with E-state index in [0.29, 0.717) is 6.54 Å². The number of carbonyl (C=O) groups excluding carboxylic acids is 1. The van der Waals surface area contributed by atoms with Crippen LogP contribution >= 0.6 is 43.2 Å². The Labute approximate surface area is 123 Å². The molecule has 0 saturated heterocycles. The van der Waals surface area contributed by atoms with Gasteiger partial charge in [0.05, 0.1) is 14.1 Å². The van der Waals surface area contributed by atoms with Gasteiger partial charge in [-0.15, -0.1) is 11.3 Å². The molecule has 0 atom stereocenters. The summed E-state index contributed by atoms with van der Waals surface area (Å²) in [5.74, 6) is 1.01. The Morgan fingerprint density at radius 3 is 2.71 bits per heavy atom. The molecule has 2 rings (SSSR count). The number of hydrogen-bond acceptors (Lipinski definition) is 3. The molecular weight excluding hydrogens is 366 g/mol. The van der Waals surface area contributed by atoms with E-state index >= 15 is 0 Å². The first-order valence-electron chi connectivity index (χ1n) is 5.73. The van der Waals surface area contributed by atoms with E-state index in [1.807, 2.05) is 13.1 Å². The number of Topliss-reactive ketones (excluding diaryl/α,β-unsaturated/α-hetero) is 1. The van der Waals surface area contributed by atoms with Crippen molar-refractivity contribution in [2.45, 2.75) is 19.3 Å². The first-order valence-corrected chi connectivity index (χ1v) is 8.13. The molecule has 5 heteroatoms. The van der Waals surface area contributed by atoms with Crippen molar-refractivity contribution in [3.8, 4) is 0 Å². The third kappa shape index (κ3) is 3.63. The fourth-order valence-corrected chi connectivity index (χ4v) is 4.90. The van der Waals surface area contributed by atoms with Crippen molar-refractivity contribution < 1.29 is 4.79 Å². The Morgan fingerprint density at radius 2 is 2.24 bits per heavy atom. The van der Waals surface area contributed by atoms with Gasteiger partial charge in [0, 0.05) is 12.1 Å². The molecule has 0 aliphatic heterocycles. The topological polar surface area (TPSA) is 20.3 Å². The molecule has 1 aromatic rings. The summed E-state index contributed by atoms with van der Waals surface area (Å²) >= 11 is 8.38. The van der Waals surface area contributed by atoms with Gasteiger partial charge in [-0.1, -0.05) is 6.42 Å². The second-order valence-electron chi connectivity index (χ2n) is 4.65. The molecule has 1 aliphatic carbocycles. The lowest BCUT2D eigenvalue weighted by Gasteiger charge is -2.29. The lowest BCUT2D eigenvalue weighted by Crippen LogP contribution is -2.33. The van der Waals surface area contributed by atoms with Gasteiger partial charge in [-0.25, -0.2) is 0 Å². The lowest BCUT2D eigenvalue weighted by molar-refractivity contribution is 0.0924. The summed E-state index contributed by atoms with van der Waals surface area (Å²) in [6.45, 7) is 1.56. The summed E-state index contributed by atoms with van der Waals surface area (Å²) in [4.78, 5) is 14.2. The number of likely N-dealkylation sites (N-methyl/N-ethyl adjacent to an activating group) is 1. The smallest absolute Gasteiger partial charge is 0.178 e. The maximum atomic E-state index is 12.1. The number of halogens is 2. The highest BCUT2D eigenvalue weighted by atomic mass is 79.9. The van der Waals surface area contributed by atoms with E-state index in [2.05, 4.69) is 36.8 Å². The quantitative estimate of drug-likeness (QED) is 0.714. The van der Waals surface area contributed by atoms with Gasteiger partial charge in [-0.05, 0) is 63.7 Å². The SMILES string of the molecule is CN(CC(=O)c1cc(Br)sc1Br)CC1CCC1. The van der Waals surface area contributed by atoms with Crippen molar-refractivity contribution in [1.29, 1.82) is 0 Å². The summed E-state index contributed by atoms with van der Waals surface area (Å²) in [7, 11) is 2.03. The van der Waals surface area contributed by atoms with Crippen LogP contribution in [0.15, 0.2) is 13.6 Å². The molecule has 0 spiro atoms. The molecule has 0 unspecified atom stereocenters. The van der Waals surface area contributed by atoms with E-state index in [9.17, 15) is 4.79 Å². The standard InChI is InChI=1S/C12H15Br2NOS/c1-15(6-8-3-2-4-8)7-10(16)9-5-11(13)17-12(9)14/h5,8H,2-4,6-7H2,1H3. The molecule has 17 heavy (non-hydrogen) atoms. The van der Waals surface area contributed by atoms with Crippen LogP contribution in [0.3, 0.4) is 0 Å². The third-order valence-corrected chi connectivity index (χ3v) is 5.50. The number of ketones is 1. The molecule has 1 fully saturated rings. The summed E-state index contributed by atoms with van der Waals surface area (Å²) in [5, 5.41) is 0. The van der Waals surface area contributed by atoms with E-state index < -0.39 is 0 Å². The number of rotatable bonds is 5. The monoisotopic (exact) mass is 379 g/mol. The number of carbonyl (C=O) groups is 1. The molecular formula is C12H15Br2NOS. The predicted molar refractivity (Wildman–Crippen MR) is 78.9 cm³/mol. The fraction of sp³-hybridized carbons (Fsp3) is 0.583. The van der Waals surface area contributed by atoms with Crippen molar-refractivity contribution in [1.82, 2.24) is 4.90 Å². The van der Waals surface area contributed by atoms with E-state index in [-0.39, 0.29) is 5.78 Å². The van der Waals surface area contributed by atoms with Crippen molar-refractivity contribution in [2.75, 3.05) is 20.1 Å². The fourth-order valence-electron chi connectivity index (χ4n) is 2.04. The summed E-state index contributed by atoms with van der Waals surface area (Å²) < 4.78 is 1.92. The van der Waals surface area contributed by atoms with Crippen LogP contribution in [-0.2, 0) is 0 Å². The molecule has 2 nitrogen and oxygen atoms in total. The van der Waals surface area contributed by atoms with Crippen LogP contribution in [0.5, 0.6) is 0 Å². The molecule has 1 heterocycles. The van der Waals surface area contributed by atoms with Gasteiger partial charge in [0.2, 0.25) is 0 Å². The highest BCUT2D eigenvalue weighted by molar-refractivity contribution is 9.12. The molecule has 94 valence electrons. The van der Waals surface area contributed by atoms with Crippen LogP contribution in [0.4, 0.5) is 0 Å². The van der Waals surface area contributed by atoms with E-state index in [4.69, 9.17) is 0 Å². The minimum absolute atomic E-state index is 0.195. The summed E-state index contributed by atoms with van der Waals surface area (Å²) in [6, 6.07) is 1.90. The van der Waals surface area contributed by atoms with Crippen LogP contribution in [-0.4, -0.2) is 30.8 Å². The Hall–Kier alpha value is 0.290. The summed E-state index contributed by atoms with van der Waals surface area (Å²) in [6.07, 6.45) is 4.01. The molecule has 0 radical (unpaired) electrons.